The highest BCUT2D eigenvalue weighted by Crippen LogP contribution is 2.30. The Morgan fingerprint density at radius 3 is 2.67 bits per heavy atom. The fourth-order valence-corrected chi connectivity index (χ4v) is 1.95. The Balaban J connectivity index is 2.47. The molecule has 0 saturated carbocycles. The lowest BCUT2D eigenvalue weighted by molar-refractivity contribution is -0.136. The van der Waals surface area contributed by atoms with Gasteiger partial charge in [0.2, 0.25) is 0 Å². The number of benzene rings is 1. The zero-order valence-electron chi connectivity index (χ0n) is 10.3. The van der Waals surface area contributed by atoms with Crippen molar-refractivity contribution in [3.8, 4) is 0 Å². The lowest BCUT2D eigenvalue weighted by Crippen LogP contribution is -2.37. The first-order valence-corrected chi connectivity index (χ1v) is 5.58. The van der Waals surface area contributed by atoms with Crippen LogP contribution in [0.25, 0.3) is 0 Å². The lowest BCUT2D eigenvalue weighted by Gasteiger charge is -2.24. The van der Waals surface area contributed by atoms with Gasteiger partial charge in [0.1, 0.15) is 6.04 Å². The Labute approximate surface area is 105 Å². The van der Waals surface area contributed by atoms with E-state index in [1.165, 1.54) is 7.11 Å². The number of esters is 1. The molecule has 0 aliphatic carbocycles. The molecule has 0 spiro atoms. The van der Waals surface area contributed by atoms with E-state index in [0.29, 0.717) is 17.2 Å². The van der Waals surface area contributed by atoms with E-state index in [1.807, 2.05) is 30.3 Å². The second-order valence-electron chi connectivity index (χ2n) is 3.98. The highest BCUT2D eigenvalue weighted by atomic mass is 16.5. The molecule has 1 aromatic rings. The molecule has 1 aromatic carbocycles. The van der Waals surface area contributed by atoms with Crippen LogP contribution < -0.4 is 11.1 Å². The second kappa shape index (κ2) is 4.91. The van der Waals surface area contributed by atoms with Crippen molar-refractivity contribution in [1.82, 2.24) is 5.32 Å². The number of aliphatic imine (C=N–C) groups is 1. The number of allylic oxidation sites excluding steroid dienone is 1. The normalized spacial score (nSPS) is 19.0. The summed E-state index contributed by atoms with van der Waals surface area (Å²) in [6, 6.07) is 9.10. The molecule has 0 bridgehead atoms. The Kier molecular flexibility index (Phi) is 3.32. The van der Waals surface area contributed by atoms with Gasteiger partial charge in [-0.25, -0.2) is 9.79 Å². The third-order valence-electron chi connectivity index (χ3n) is 2.78. The number of hydrogen-bond acceptors (Lipinski definition) is 5. The maximum atomic E-state index is 11.8. The number of carbonyl (C=O) groups excluding carboxylic acids is 1. The molecule has 0 amide bonds. The number of carbonyl (C=O) groups is 1. The minimum Gasteiger partial charge on any atom is -0.466 e. The van der Waals surface area contributed by atoms with Crippen molar-refractivity contribution in [2.24, 2.45) is 10.7 Å². The lowest BCUT2D eigenvalue weighted by atomic mass is 9.96. The van der Waals surface area contributed by atoms with Crippen LogP contribution in [0.15, 0.2) is 46.6 Å². The Morgan fingerprint density at radius 1 is 1.39 bits per heavy atom. The highest BCUT2D eigenvalue weighted by molar-refractivity contribution is 5.94. The zero-order valence-corrected chi connectivity index (χ0v) is 10.3. The number of guanidine groups is 1. The summed E-state index contributed by atoms with van der Waals surface area (Å²) in [5.74, 6) is -0.0980. The van der Waals surface area contributed by atoms with E-state index >= 15 is 0 Å². The quantitative estimate of drug-likeness (QED) is 0.765. The van der Waals surface area contributed by atoms with E-state index in [0.717, 1.165) is 5.56 Å². The zero-order chi connectivity index (χ0) is 13.1. The summed E-state index contributed by atoms with van der Waals surface area (Å²) < 4.78 is 4.80. The molecular formula is C13H15N3O2. The molecule has 0 saturated heterocycles. The van der Waals surface area contributed by atoms with Crippen molar-refractivity contribution < 1.29 is 9.53 Å². The van der Waals surface area contributed by atoms with Crippen LogP contribution in [0.3, 0.4) is 0 Å². The molecule has 18 heavy (non-hydrogen) atoms. The van der Waals surface area contributed by atoms with Crippen LogP contribution >= 0.6 is 0 Å². The number of hydrogen-bond donors (Lipinski definition) is 2. The predicted molar refractivity (Wildman–Crippen MR) is 68.7 cm³/mol. The van der Waals surface area contributed by atoms with Crippen molar-refractivity contribution in [2.75, 3.05) is 7.11 Å². The summed E-state index contributed by atoms with van der Waals surface area (Å²) in [6.45, 7) is 1.78. The molecule has 3 N–H and O–H groups in total. The fourth-order valence-electron chi connectivity index (χ4n) is 1.95. The Morgan fingerprint density at radius 2 is 2.06 bits per heavy atom. The van der Waals surface area contributed by atoms with Crippen molar-refractivity contribution in [1.29, 1.82) is 0 Å². The molecular weight excluding hydrogens is 230 g/mol. The number of nitrogens with one attached hydrogen (secondary N) is 1. The standard InChI is InChI=1S/C13H15N3O2/c1-8-10(12(17)18-2)11(16-13(14)15-8)9-6-4-3-5-7-9/h3-7,11H,1-2H3,(H3,14,15,16). The molecule has 0 aromatic heterocycles. The average Bonchev–Trinajstić information content (AvgIpc) is 2.38. The fraction of sp³-hybridized carbons (Fsp3) is 0.231. The van der Waals surface area contributed by atoms with E-state index in [-0.39, 0.29) is 0 Å². The smallest absolute Gasteiger partial charge is 0.338 e. The minimum atomic E-state index is -0.417. The summed E-state index contributed by atoms with van der Waals surface area (Å²) in [5.41, 5.74) is 7.77. The summed E-state index contributed by atoms with van der Waals surface area (Å²) >= 11 is 0. The topological polar surface area (TPSA) is 76.7 Å². The van der Waals surface area contributed by atoms with Gasteiger partial charge in [0.05, 0.1) is 12.7 Å². The summed E-state index contributed by atoms with van der Waals surface area (Å²) in [7, 11) is 1.35. The minimum absolute atomic E-state index is 0.300. The van der Waals surface area contributed by atoms with Gasteiger partial charge in [-0.05, 0) is 12.5 Å². The SMILES string of the molecule is COC(=O)C1=C(C)NC(N)=NC1c1ccccc1. The molecule has 0 radical (unpaired) electrons. The largest absolute Gasteiger partial charge is 0.466 e. The Bertz CT molecular complexity index is 520. The van der Waals surface area contributed by atoms with Gasteiger partial charge < -0.3 is 15.8 Å². The van der Waals surface area contributed by atoms with Crippen molar-refractivity contribution in [3.63, 3.8) is 0 Å². The monoisotopic (exact) mass is 245 g/mol. The van der Waals surface area contributed by atoms with E-state index in [1.54, 1.807) is 6.92 Å². The maximum Gasteiger partial charge on any atom is 0.338 e. The van der Waals surface area contributed by atoms with Gasteiger partial charge >= 0.3 is 5.97 Å². The van der Waals surface area contributed by atoms with Crippen molar-refractivity contribution in [3.05, 3.63) is 47.2 Å². The predicted octanol–water partition coefficient (Wildman–Crippen LogP) is 1.09. The first kappa shape index (κ1) is 12.2. The average molecular weight is 245 g/mol. The van der Waals surface area contributed by atoms with Crippen LogP contribution in [0.1, 0.15) is 18.5 Å². The maximum absolute atomic E-state index is 11.8. The third-order valence-corrected chi connectivity index (χ3v) is 2.78. The number of nitrogens with zero attached hydrogens (tertiary/aromatic N) is 1. The van der Waals surface area contributed by atoms with Crippen molar-refractivity contribution in [2.45, 2.75) is 13.0 Å². The summed E-state index contributed by atoms with van der Waals surface area (Å²) in [6.07, 6.45) is 0. The van der Waals surface area contributed by atoms with E-state index in [2.05, 4.69) is 10.3 Å². The van der Waals surface area contributed by atoms with Crippen LogP contribution in [0.2, 0.25) is 0 Å². The number of methoxy groups -OCH3 is 1. The van der Waals surface area contributed by atoms with Crippen LogP contribution in [0.5, 0.6) is 0 Å². The molecule has 5 heteroatoms. The molecule has 1 atom stereocenters. The van der Waals surface area contributed by atoms with Gasteiger partial charge in [0.25, 0.3) is 0 Å². The van der Waals surface area contributed by atoms with Crippen LogP contribution in [-0.2, 0) is 9.53 Å². The van der Waals surface area contributed by atoms with Gasteiger partial charge in [-0.3, -0.25) is 0 Å². The van der Waals surface area contributed by atoms with Gasteiger partial charge in [0.15, 0.2) is 5.96 Å². The molecule has 1 aliphatic rings. The first-order chi connectivity index (χ1) is 8.63. The molecule has 5 nitrogen and oxygen atoms in total. The van der Waals surface area contributed by atoms with E-state index < -0.39 is 12.0 Å². The summed E-state index contributed by atoms with van der Waals surface area (Å²) in [4.78, 5) is 16.1. The molecule has 2 rings (SSSR count). The number of ether oxygens (including phenoxy) is 1. The molecule has 0 fully saturated rings. The Hall–Kier alpha value is -2.30. The van der Waals surface area contributed by atoms with Crippen LogP contribution in [0.4, 0.5) is 0 Å². The van der Waals surface area contributed by atoms with E-state index in [9.17, 15) is 4.79 Å². The van der Waals surface area contributed by atoms with Gasteiger partial charge in [-0.15, -0.1) is 0 Å². The van der Waals surface area contributed by atoms with Gasteiger partial charge in [-0.2, -0.15) is 0 Å². The molecule has 1 aliphatic heterocycles. The van der Waals surface area contributed by atoms with Crippen LogP contribution in [-0.4, -0.2) is 19.0 Å². The van der Waals surface area contributed by atoms with E-state index in [4.69, 9.17) is 10.5 Å². The third kappa shape index (κ3) is 2.20. The molecule has 94 valence electrons. The second-order valence-corrected chi connectivity index (χ2v) is 3.98. The van der Waals surface area contributed by atoms with Crippen LogP contribution in [0, 0.1) is 0 Å². The van der Waals surface area contributed by atoms with Gasteiger partial charge in [0, 0.05) is 5.70 Å². The highest BCUT2D eigenvalue weighted by Gasteiger charge is 2.28. The summed E-state index contributed by atoms with van der Waals surface area (Å²) in [5, 5.41) is 2.85. The van der Waals surface area contributed by atoms with Crippen molar-refractivity contribution >= 4 is 11.9 Å². The number of rotatable bonds is 2. The van der Waals surface area contributed by atoms with Gasteiger partial charge in [-0.1, -0.05) is 30.3 Å². The number of nitrogens with two attached hydrogens (primary N) is 1. The molecule has 1 unspecified atom stereocenters. The first-order valence-electron chi connectivity index (χ1n) is 5.58. The molecule has 1 heterocycles.